The number of likely N-dealkylation sites (tertiary alicyclic amines) is 1. The van der Waals surface area contributed by atoms with Gasteiger partial charge in [0.2, 0.25) is 0 Å². The number of rotatable bonds is 2. The number of aliphatic carboxylic acids is 1. The molecule has 2 N–H and O–H groups in total. The standard InChI is InChI=1S/C15H20N2O3/c1-9-5-4-6-10(2)12(9)16-15(20)17-8-7-11(3)13(17)14(18)19/h4-6,11,13H,7-8H2,1-3H3,(H,16,20)(H,18,19). The Bertz CT molecular complexity index is 522. The molecule has 0 spiro atoms. The van der Waals surface area contributed by atoms with Crippen LogP contribution in [0.15, 0.2) is 18.2 Å². The zero-order chi connectivity index (χ0) is 14.9. The Morgan fingerprint density at radius 3 is 2.45 bits per heavy atom. The van der Waals surface area contributed by atoms with Gasteiger partial charge in [-0.3, -0.25) is 0 Å². The molecule has 20 heavy (non-hydrogen) atoms. The first-order chi connectivity index (χ1) is 9.41. The second-order valence-corrected chi connectivity index (χ2v) is 5.44. The summed E-state index contributed by atoms with van der Waals surface area (Å²) in [5.41, 5.74) is 2.70. The highest BCUT2D eigenvalue weighted by atomic mass is 16.4. The summed E-state index contributed by atoms with van der Waals surface area (Å²) in [6, 6.07) is 4.70. The van der Waals surface area contributed by atoms with Crippen LogP contribution in [0.5, 0.6) is 0 Å². The lowest BCUT2D eigenvalue weighted by Crippen LogP contribution is -2.45. The molecule has 2 amide bonds. The summed E-state index contributed by atoms with van der Waals surface area (Å²) < 4.78 is 0. The molecule has 1 aliphatic heterocycles. The number of hydrogen-bond donors (Lipinski definition) is 2. The van der Waals surface area contributed by atoms with Crippen LogP contribution in [0.3, 0.4) is 0 Å². The molecule has 1 fully saturated rings. The van der Waals surface area contributed by atoms with Gasteiger partial charge in [0.15, 0.2) is 0 Å². The minimum Gasteiger partial charge on any atom is -0.480 e. The van der Waals surface area contributed by atoms with E-state index in [1.54, 1.807) is 0 Å². The third kappa shape index (κ3) is 2.61. The molecule has 1 heterocycles. The lowest BCUT2D eigenvalue weighted by molar-refractivity contribution is -0.142. The Balaban J connectivity index is 2.18. The molecule has 1 aromatic carbocycles. The lowest BCUT2D eigenvalue weighted by Gasteiger charge is -2.24. The monoisotopic (exact) mass is 276 g/mol. The molecule has 0 bridgehead atoms. The van der Waals surface area contributed by atoms with Gasteiger partial charge >= 0.3 is 12.0 Å². The van der Waals surface area contributed by atoms with E-state index in [-0.39, 0.29) is 11.9 Å². The van der Waals surface area contributed by atoms with Crippen molar-refractivity contribution in [1.82, 2.24) is 4.90 Å². The molecule has 0 saturated carbocycles. The van der Waals surface area contributed by atoms with Crippen LogP contribution in [-0.4, -0.2) is 34.6 Å². The molecule has 5 heteroatoms. The average Bonchev–Trinajstić information content (AvgIpc) is 2.76. The van der Waals surface area contributed by atoms with Crippen molar-refractivity contribution in [3.8, 4) is 0 Å². The van der Waals surface area contributed by atoms with Gasteiger partial charge in [-0.15, -0.1) is 0 Å². The van der Waals surface area contributed by atoms with Crippen molar-refractivity contribution in [1.29, 1.82) is 0 Å². The minimum atomic E-state index is -0.938. The van der Waals surface area contributed by atoms with Gasteiger partial charge in [0.1, 0.15) is 6.04 Å². The third-order valence-corrected chi connectivity index (χ3v) is 3.93. The van der Waals surface area contributed by atoms with E-state index in [0.29, 0.717) is 6.54 Å². The smallest absolute Gasteiger partial charge is 0.326 e. The van der Waals surface area contributed by atoms with E-state index >= 15 is 0 Å². The maximum absolute atomic E-state index is 12.3. The van der Waals surface area contributed by atoms with Gasteiger partial charge in [-0.05, 0) is 37.3 Å². The number of carboxylic acid groups (broad SMARTS) is 1. The first-order valence-electron chi connectivity index (χ1n) is 6.78. The topological polar surface area (TPSA) is 69.6 Å². The van der Waals surface area contributed by atoms with Gasteiger partial charge in [-0.25, -0.2) is 9.59 Å². The van der Waals surface area contributed by atoms with Gasteiger partial charge in [0.05, 0.1) is 0 Å². The number of nitrogens with zero attached hydrogens (tertiary/aromatic N) is 1. The van der Waals surface area contributed by atoms with E-state index in [0.717, 1.165) is 23.2 Å². The molecule has 2 atom stereocenters. The predicted molar refractivity (Wildman–Crippen MR) is 76.8 cm³/mol. The van der Waals surface area contributed by atoms with E-state index in [4.69, 9.17) is 0 Å². The molecular formula is C15H20N2O3. The number of amides is 2. The summed E-state index contributed by atoms with van der Waals surface area (Å²) in [5.74, 6) is -0.956. The fraction of sp³-hybridized carbons (Fsp3) is 0.467. The zero-order valence-corrected chi connectivity index (χ0v) is 12.0. The van der Waals surface area contributed by atoms with Crippen LogP contribution in [0.4, 0.5) is 10.5 Å². The minimum absolute atomic E-state index is 0.0174. The largest absolute Gasteiger partial charge is 0.480 e. The number of anilines is 1. The highest BCUT2D eigenvalue weighted by Crippen LogP contribution is 2.26. The number of carbonyl (C=O) groups excluding carboxylic acids is 1. The number of carboxylic acids is 1. The molecule has 1 saturated heterocycles. The van der Waals surface area contributed by atoms with Crippen LogP contribution in [0.25, 0.3) is 0 Å². The molecule has 0 aromatic heterocycles. The van der Waals surface area contributed by atoms with Crippen LogP contribution in [-0.2, 0) is 4.79 Å². The molecule has 1 aromatic rings. The highest BCUT2D eigenvalue weighted by Gasteiger charge is 2.39. The molecule has 108 valence electrons. The molecule has 0 aliphatic carbocycles. The molecular weight excluding hydrogens is 256 g/mol. The molecule has 5 nitrogen and oxygen atoms in total. The molecule has 2 rings (SSSR count). The quantitative estimate of drug-likeness (QED) is 0.872. The van der Waals surface area contributed by atoms with E-state index in [1.165, 1.54) is 4.90 Å². The van der Waals surface area contributed by atoms with E-state index in [1.807, 2.05) is 39.0 Å². The predicted octanol–water partition coefficient (Wildman–Crippen LogP) is 2.63. The number of benzene rings is 1. The maximum atomic E-state index is 12.3. The highest BCUT2D eigenvalue weighted by molar-refractivity contribution is 5.94. The van der Waals surface area contributed by atoms with Gasteiger partial charge in [0.25, 0.3) is 0 Å². The van der Waals surface area contributed by atoms with E-state index in [2.05, 4.69) is 5.32 Å². The van der Waals surface area contributed by atoms with Crippen LogP contribution < -0.4 is 5.32 Å². The summed E-state index contributed by atoms with van der Waals surface area (Å²) in [6.45, 7) is 6.19. The van der Waals surface area contributed by atoms with Crippen molar-refractivity contribution in [2.45, 2.75) is 33.2 Å². The number of nitrogens with one attached hydrogen (secondary N) is 1. The molecule has 0 radical (unpaired) electrons. The van der Waals surface area contributed by atoms with Gasteiger partial charge in [0, 0.05) is 12.2 Å². The summed E-state index contributed by atoms with van der Waals surface area (Å²) in [4.78, 5) is 25.0. The second kappa shape index (κ2) is 5.53. The van der Waals surface area contributed by atoms with Crippen LogP contribution in [0.2, 0.25) is 0 Å². The lowest BCUT2D eigenvalue weighted by atomic mass is 10.0. The van der Waals surface area contributed by atoms with E-state index in [9.17, 15) is 14.7 Å². The van der Waals surface area contributed by atoms with Crippen LogP contribution in [0, 0.1) is 19.8 Å². The fourth-order valence-corrected chi connectivity index (χ4v) is 2.74. The molecule has 2 unspecified atom stereocenters. The first kappa shape index (κ1) is 14.4. The average molecular weight is 276 g/mol. The van der Waals surface area contributed by atoms with Crippen LogP contribution >= 0.6 is 0 Å². The summed E-state index contributed by atoms with van der Waals surface area (Å²) in [5, 5.41) is 12.1. The van der Waals surface area contributed by atoms with Crippen molar-refractivity contribution >= 4 is 17.7 Å². The van der Waals surface area contributed by atoms with Crippen LogP contribution in [0.1, 0.15) is 24.5 Å². The number of para-hydroxylation sites is 1. The Labute approximate surface area is 118 Å². The van der Waals surface area contributed by atoms with Crippen molar-refractivity contribution in [2.75, 3.05) is 11.9 Å². The normalized spacial score (nSPS) is 21.9. The third-order valence-electron chi connectivity index (χ3n) is 3.93. The van der Waals surface area contributed by atoms with Crippen molar-refractivity contribution < 1.29 is 14.7 Å². The van der Waals surface area contributed by atoms with Crippen molar-refractivity contribution in [3.05, 3.63) is 29.3 Å². The van der Waals surface area contributed by atoms with Gasteiger partial charge in [-0.1, -0.05) is 25.1 Å². The number of aryl methyl sites for hydroxylation is 2. The Morgan fingerprint density at radius 1 is 1.30 bits per heavy atom. The number of urea groups is 1. The van der Waals surface area contributed by atoms with Crippen molar-refractivity contribution in [3.63, 3.8) is 0 Å². The second-order valence-electron chi connectivity index (χ2n) is 5.44. The van der Waals surface area contributed by atoms with E-state index < -0.39 is 12.0 Å². The summed E-state index contributed by atoms with van der Waals surface area (Å²) in [7, 11) is 0. The SMILES string of the molecule is Cc1cccc(C)c1NC(=O)N1CCC(C)C1C(=O)O. The van der Waals surface area contributed by atoms with Gasteiger partial charge < -0.3 is 15.3 Å². The van der Waals surface area contributed by atoms with Gasteiger partial charge in [-0.2, -0.15) is 0 Å². The zero-order valence-electron chi connectivity index (χ0n) is 12.0. The summed E-state index contributed by atoms with van der Waals surface area (Å²) in [6.07, 6.45) is 0.719. The number of carbonyl (C=O) groups is 2. The first-order valence-corrected chi connectivity index (χ1v) is 6.78. The molecule has 1 aliphatic rings. The fourth-order valence-electron chi connectivity index (χ4n) is 2.74. The summed E-state index contributed by atoms with van der Waals surface area (Å²) >= 11 is 0. The number of hydrogen-bond acceptors (Lipinski definition) is 2. The van der Waals surface area contributed by atoms with Crippen molar-refractivity contribution in [2.24, 2.45) is 5.92 Å². The Kier molecular flexibility index (Phi) is 3.97. The Hall–Kier alpha value is -2.04. The maximum Gasteiger partial charge on any atom is 0.326 e. The Morgan fingerprint density at radius 2 is 1.90 bits per heavy atom.